The molecular formula is C9H12F4O7. The van der Waals surface area contributed by atoms with E-state index in [1.54, 1.807) is 0 Å². The normalized spacial score (nSPS) is 11.9. The van der Waals surface area contributed by atoms with Gasteiger partial charge in [-0.15, -0.1) is 0 Å². The highest BCUT2D eigenvalue weighted by atomic mass is 19.3. The first-order valence-corrected chi connectivity index (χ1v) is 4.95. The summed E-state index contributed by atoms with van der Waals surface area (Å²) in [6.07, 6.45) is -9.44. The number of carbonyl (C=O) groups excluding carboxylic acids is 2. The van der Waals surface area contributed by atoms with Crippen LogP contribution >= 0.6 is 0 Å². The van der Waals surface area contributed by atoms with Gasteiger partial charge in [-0.1, -0.05) is 0 Å². The fourth-order valence-corrected chi connectivity index (χ4v) is 0.673. The molecule has 20 heavy (non-hydrogen) atoms. The Kier molecular flexibility index (Phi) is 7.21. The number of hydrogen-bond acceptors (Lipinski definition) is 7. The minimum atomic E-state index is -4.05. The summed E-state index contributed by atoms with van der Waals surface area (Å²) in [5.41, 5.74) is 0. The van der Waals surface area contributed by atoms with Crippen LogP contribution in [-0.4, -0.2) is 51.5 Å². The third-order valence-corrected chi connectivity index (χ3v) is 1.51. The molecule has 0 spiro atoms. The van der Waals surface area contributed by atoms with Crippen molar-refractivity contribution < 1.29 is 50.8 Å². The standard InChI is InChI=1S/C9H12F4O7/c1-6(14)17-3-8(10,11)19-5-20-9(12,13)4-18-7(15)16-2/h3-5H2,1-2H3. The van der Waals surface area contributed by atoms with E-state index in [-0.39, 0.29) is 0 Å². The van der Waals surface area contributed by atoms with Crippen molar-refractivity contribution in [3.63, 3.8) is 0 Å². The summed E-state index contributed by atoms with van der Waals surface area (Å²) in [5.74, 6) is -0.994. The van der Waals surface area contributed by atoms with Gasteiger partial charge in [-0.2, -0.15) is 17.6 Å². The maximum atomic E-state index is 12.8. The van der Waals surface area contributed by atoms with Gasteiger partial charge in [-0.3, -0.25) is 14.3 Å². The SMILES string of the molecule is COC(=O)OCC(F)(F)OCOC(F)(F)COC(C)=O. The summed E-state index contributed by atoms with van der Waals surface area (Å²) in [7, 11) is 0.889. The molecule has 0 aromatic heterocycles. The molecule has 0 aliphatic rings. The lowest BCUT2D eigenvalue weighted by Crippen LogP contribution is -2.34. The minimum Gasteiger partial charge on any atom is -0.457 e. The summed E-state index contributed by atoms with van der Waals surface area (Å²) < 4.78 is 70.3. The Balaban J connectivity index is 4.01. The molecule has 7 nitrogen and oxygen atoms in total. The smallest absolute Gasteiger partial charge is 0.457 e. The van der Waals surface area contributed by atoms with Crippen molar-refractivity contribution in [2.24, 2.45) is 0 Å². The second-order valence-corrected chi connectivity index (χ2v) is 3.20. The predicted molar refractivity (Wildman–Crippen MR) is 51.9 cm³/mol. The number of hydrogen-bond donors (Lipinski definition) is 0. The Bertz CT molecular complexity index is 334. The first kappa shape index (κ1) is 18.4. The van der Waals surface area contributed by atoms with Gasteiger partial charge in [0.05, 0.1) is 7.11 Å². The molecule has 0 bridgehead atoms. The van der Waals surface area contributed by atoms with Crippen LogP contribution in [0, 0.1) is 0 Å². The molecule has 0 aliphatic carbocycles. The quantitative estimate of drug-likeness (QED) is 0.382. The largest absolute Gasteiger partial charge is 0.508 e. The van der Waals surface area contributed by atoms with E-state index in [2.05, 4.69) is 23.7 Å². The average Bonchev–Trinajstić information content (AvgIpc) is 2.33. The van der Waals surface area contributed by atoms with Gasteiger partial charge in [-0.05, 0) is 0 Å². The van der Waals surface area contributed by atoms with Gasteiger partial charge >= 0.3 is 24.3 Å². The molecule has 0 radical (unpaired) electrons. The molecule has 0 rings (SSSR count). The average molecular weight is 308 g/mol. The van der Waals surface area contributed by atoms with Gasteiger partial charge < -0.3 is 14.2 Å². The lowest BCUT2D eigenvalue weighted by Gasteiger charge is -2.19. The monoisotopic (exact) mass is 308 g/mol. The van der Waals surface area contributed by atoms with Gasteiger partial charge in [0.25, 0.3) is 0 Å². The first-order valence-electron chi connectivity index (χ1n) is 4.95. The highest BCUT2D eigenvalue weighted by Crippen LogP contribution is 2.20. The Morgan fingerprint density at radius 2 is 1.40 bits per heavy atom. The molecule has 0 unspecified atom stereocenters. The van der Waals surface area contributed by atoms with E-state index in [1.807, 2.05) is 0 Å². The molecular weight excluding hydrogens is 296 g/mol. The van der Waals surface area contributed by atoms with Gasteiger partial charge in [0.15, 0.2) is 20.0 Å². The van der Waals surface area contributed by atoms with E-state index in [0.717, 1.165) is 14.0 Å². The summed E-state index contributed by atoms with van der Waals surface area (Å²) >= 11 is 0. The number of ether oxygens (including phenoxy) is 5. The van der Waals surface area contributed by atoms with Crippen LogP contribution < -0.4 is 0 Å². The summed E-state index contributed by atoms with van der Waals surface area (Å²) in [5, 5.41) is 0. The van der Waals surface area contributed by atoms with Gasteiger partial charge in [0.1, 0.15) is 0 Å². The maximum Gasteiger partial charge on any atom is 0.508 e. The molecule has 0 atom stereocenters. The lowest BCUT2D eigenvalue weighted by atomic mass is 10.6. The Morgan fingerprint density at radius 3 is 1.80 bits per heavy atom. The molecule has 0 saturated carbocycles. The fourth-order valence-electron chi connectivity index (χ4n) is 0.673. The number of esters is 1. The van der Waals surface area contributed by atoms with Crippen LogP contribution in [0.4, 0.5) is 22.4 Å². The van der Waals surface area contributed by atoms with E-state index in [4.69, 9.17) is 0 Å². The van der Waals surface area contributed by atoms with E-state index in [1.165, 1.54) is 0 Å². The van der Waals surface area contributed by atoms with Crippen LogP contribution in [0.1, 0.15) is 6.92 Å². The zero-order valence-electron chi connectivity index (χ0n) is 10.5. The van der Waals surface area contributed by atoms with Crippen molar-refractivity contribution >= 4 is 12.1 Å². The molecule has 0 heterocycles. The Hall–Kier alpha value is -1.62. The van der Waals surface area contributed by atoms with Crippen LogP contribution in [0.3, 0.4) is 0 Å². The minimum absolute atomic E-state index is 0.880. The molecule has 0 aromatic rings. The zero-order chi connectivity index (χ0) is 15.8. The maximum absolute atomic E-state index is 12.8. The van der Waals surface area contributed by atoms with Crippen molar-refractivity contribution in [2.75, 3.05) is 27.1 Å². The highest BCUT2D eigenvalue weighted by Gasteiger charge is 2.37. The first-order chi connectivity index (χ1) is 9.08. The topological polar surface area (TPSA) is 80.3 Å². The van der Waals surface area contributed by atoms with Crippen molar-refractivity contribution in [1.29, 1.82) is 0 Å². The predicted octanol–water partition coefficient (Wildman–Crippen LogP) is 1.51. The zero-order valence-corrected chi connectivity index (χ0v) is 10.5. The van der Waals surface area contributed by atoms with E-state index in [0.29, 0.717) is 0 Å². The number of carbonyl (C=O) groups is 2. The van der Waals surface area contributed by atoms with Crippen molar-refractivity contribution in [1.82, 2.24) is 0 Å². The molecule has 0 amide bonds. The van der Waals surface area contributed by atoms with Crippen LogP contribution in [0.5, 0.6) is 0 Å². The summed E-state index contributed by atoms with van der Waals surface area (Å²) in [4.78, 5) is 20.7. The van der Waals surface area contributed by atoms with Crippen molar-refractivity contribution in [3.05, 3.63) is 0 Å². The molecule has 0 fully saturated rings. The van der Waals surface area contributed by atoms with Crippen molar-refractivity contribution in [3.8, 4) is 0 Å². The van der Waals surface area contributed by atoms with E-state index in [9.17, 15) is 27.2 Å². The van der Waals surface area contributed by atoms with E-state index >= 15 is 0 Å². The molecule has 0 N–H and O–H groups in total. The number of alkyl halides is 4. The second kappa shape index (κ2) is 7.85. The Morgan fingerprint density at radius 1 is 0.950 bits per heavy atom. The van der Waals surface area contributed by atoms with Crippen LogP contribution in [0.2, 0.25) is 0 Å². The van der Waals surface area contributed by atoms with Crippen molar-refractivity contribution in [2.45, 2.75) is 19.1 Å². The Labute approximate surface area is 110 Å². The number of halogens is 4. The van der Waals surface area contributed by atoms with Crippen LogP contribution in [-0.2, 0) is 28.5 Å². The molecule has 0 aliphatic heterocycles. The van der Waals surface area contributed by atoms with E-state index < -0.39 is 44.3 Å². The van der Waals surface area contributed by atoms with Gasteiger partial charge in [0.2, 0.25) is 0 Å². The highest BCUT2D eigenvalue weighted by molar-refractivity contribution is 5.65. The molecule has 0 aromatic carbocycles. The second-order valence-electron chi connectivity index (χ2n) is 3.20. The molecule has 11 heteroatoms. The van der Waals surface area contributed by atoms with Crippen LogP contribution in [0.25, 0.3) is 0 Å². The third-order valence-electron chi connectivity index (χ3n) is 1.51. The number of methoxy groups -OCH3 is 1. The molecule has 0 saturated heterocycles. The van der Waals surface area contributed by atoms with Gasteiger partial charge in [0, 0.05) is 6.92 Å². The fraction of sp³-hybridized carbons (Fsp3) is 0.778. The summed E-state index contributed by atoms with van der Waals surface area (Å²) in [6, 6.07) is 0. The summed E-state index contributed by atoms with van der Waals surface area (Å²) in [6.45, 7) is -3.63. The third kappa shape index (κ3) is 9.33. The van der Waals surface area contributed by atoms with Crippen LogP contribution in [0.15, 0.2) is 0 Å². The molecule has 118 valence electrons. The number of rotatable bonds is 8. The van der Waals surface area contributed by atoms with Gasteiger partial charge in [-0.25, -0.2) is 4.79 Å². The lowest BCUT2D eigenvalue weighted by molar-refractivity contribution is -0.349.